The van der Waals surface area contributed by atoms with Crippen molar-refractivity contribution in [1.82, 2.24) is 9.97 Å². The fraction of sp³-hybridized carbons (Fsp3) is 0. The van der Waals surface area contributed by atoms with Crippen LogP contribution in [0.4, 0.5) is 23.3 Å². The molecule has 0 unspecified atom stereocenters. The highest BCUT2D eigenvalue weighted by Gasteiger charge is 2.05. The Balaban J connectivity index is 2.33. The first-order chi connectivity index (χ1) is 8.58. The van der Waals surface area contributed by atoms with Crippen LogP contribution in [-0.4, -0.2) is 9.97 Å². The molecule has 0 radical (unpaired) electrons. The van der Waals surface area contributed by atoms with Crippen LogP contribution >= 0.6 is 31.9 Å². The van der Waals surface area contributed by atoms with Gasteiger partial charge in [0.1, 0.15) is 11.6 Å². The summed E-state index contributed by atoms with van der Waals surface area (Å²) in [6.07, 6.45) is 0. The molecule has 94 valence electrons. The van der Waals surface area contributed by atoms with Gasteiger partial charge in [0.2, 0.25) is 5.95 Å². The third kappa shape index (κ3) is 3.09. The number of halogens is 2. The van der Waals surface area contributed by atoms with Gasteiger partial charge in [0, 0.05) is 15.0 Å². The van der Waals surface area contributed by atoms with Crippen LogP contribution in [0.15, 0.2) is 33.2 Å². The first-order valence-corrected chi connectivity index (χ1v) is 6.50. The van der Waals surface area contributed by atoms with Gasteiger partial charge in [-0.25, -0.2) is 5.84 Å². The van der Waals surface area contributed by atoms with Crippen LogP contribution in [0.3, 0.4) is 0 Å². The quantitative estimate of drug-likeness (QED) is 0.487. The molecule has 0 saturated heterocycles. The second-order valence-electron chi connectivity index (χ2n) is 3.39. The van der Waals surface area contributed by atoms with E-state index in [0.29, 0.717) is 11.6 Å². The lowest BCUT2D eigenvalue weighted by Crippen LogP contribution is -2.11. The second kappa shape index (κ2) is 5.51. The number of nitrogens with zero attached hydrogens (tertiary/aromatic N) is 2. The summed E-state index contributed by atoms with van der Waals surface area (Å²) in [6.45, 7) is 0. The van der Waals surface area contributed by atoms with Gasteiger partial charge >= 0.3 is 0 Å². The van der Waals surface area contributed by atoms with E-state index in [1.807, 2.05) is 18.2 Å². The lowest BCUT2D eigenvalue weighted by Gasteiger charge is -2.10. The standard InChI is InChI=1S/C10H10Br2N6/c11-5-1-2-6(12)7(3-5)15-8-4-9(18-14)17-10(13)16-8/h1-4H,14H2,(H4,13,15,16,17,18). The highest BCUT2D eigenvalue weighted by atomic mass is 79.9. The van der Waals surface area contributed by atoms with Gasteiger partial charge in [-0.05, 0) is 34.1 Å². The average Bonchev–Trinajstić information content (AvgIpc) is 2.33. The lowest BCUT2D eigenvalue weighted by molar-refractivity contribution is 1.15. The first-order valence-electron chi connectivity index (χ1n) is 4.92. The van der Waals surface area contributed by atoms with E-state index in [4.69, 9.17) is 11.6 Å². The SMILES string of the molecule is NNc1cc(Nc2cc(Br)ccc2Br)nc(N)n1. The summed E-state index contributed by atoms with van der Waals surface area (Å²) in [5.41, 5.74) is 8.86. The van der Waals surface area contributed by atoms with Crippen molar-refractivity contribution in [3.8, 4) is 0 Å². The molecule has 2 aromatic rings. The van der Waals surface area contributed by atoms with Crippen LogP contribution in [0.25, 0.3) is 0 Å². The maximum atomic E-state index is 5.58. The van der Waals surface area contributed by atoms with Crippen molar-refractivity contribution in [3.63, 3.8) is 0 Å². The van der Waals surface area contributed by atoms with Gasteiger partial charge in [0.05, 0.1) is 5.69 Å². The van der Waals surface area contributed by atoms with Crippen LogP contribution in [0.2, 0.25) is 0 Å². The number of hydrogen-bond acceptors (Lipinski definition) is 6. The van der Waals surface area contributed by atoms with Crippen molar-refractivity contribution in [1.29, 1.82) is 0 Å². The van der Waals surface area contributed by atoms with E-state index >= 15 is 0 Å². The van der Waals surface area contributed by atoms with Gasteiger partial charge in [-0.2, -0.15) is 9.97 Å². The summed E-state index contributed by atoms with van der Waals surface area (Å²) in [6, 6.07) is 7.41. The number of aromatic nitrogens is 2. The smallest absolute Gasteiger partial charge is 0.223 e. The normalized spacial score (nSPS) is 10.2. The van der Waals surface area contributed by atoms with Gasteiger partial charge in [-0.1, -0.05) is 15.9 Å². The zero-order chi connectivity index (χ0) is 13.1. The van der Waals surface area contributed by atoms with Crippen LogP contribution in [0.5, 0.6) is 0 Å². The molecular formula is C10H10Br2N6. The van der Waals surface area contributed by atoms with Gasteiger partial charge < -0.3 is 16.5 Å². The molecule has 0 aliphatic heterocycles. The number of hydrazine groups is 1. The number of nitrogen functional groups attached to an aromatic ring is 2. The molecule has 0 atom stereocenters. The zero-order valence-electron chi connectivity index (χ0n) is 9.11. The number of nitrogens with two attached hydrogens (primary N) is 2. The fourth-order valence-corrected chi connectivity index (χ4v) is 2.04. The summed E-state index contributed by atoms with van der Waals surface area (Å²) in [7, 11) is 0. The van der Waals surface area contributed by atoms with Crippen molar-refractivity contribution in [3.05, 3.63) is 33.2 Å². The molecule has 2 rings (SSSR count). The maximum Gasteiger partial charge on any atom is 0.223 e. The van der Waals surface area contributed by atoms with Crippen LogP contribution in [0.1, 0.15) is 0 Å². The van der Waals surface area contributed by atoms with Crippen LogP contribution in [-0.2, 0) is 0 Å². The van der Waals surface area contributed by atoms with Crippen molar-refractivity contribution >= 4 is 55.1 Å². The highest BCUT2D eigenvalue weighted by molar-refractivity contribution is 9.11. The summed E-state index contributed by atoms with van der Waals surface area (Å²) < 4.78 is 1.86. The van der Waals surface area contributed by atoms with Crippen LogP contribution in [0, 0.1) is 0 Å². The molecule has 0 aliphatic carbocycles. The predicted octanol–water partition coefficient (Wildman–Crippen LogP) is 2.61. The minimum Gasteiger partial charge on any atom is -0.368 e. The molecule has 8 heteroatoms. The molecule has 0 amide bonds. The molecule has 1 aromatic carbocycles. The van der Waals surface area contributed by atoms with Crippen molar-refractivity contribution in [2.75, 3.05) is 16.5 Å². The van der Waals surface area contributed by atoms with Crippen molar-refractivity contribution in [2.24, 2.45) is 5.84 Å². The Hall–Kier alpha value is -1.38. The molecule has 0 bridgehead atoms. The topological polar surface area (TPSA) is 102 Å². The van der Waals surface area contributed by atoms with E-state index in [-0.39, 0.29) is 5.95 Å². The number of hydrogen-bond donors (Lipinski definition) is 4. The molecule has 1 aromatic heterocycles. The largest absolute Gasteiger partial charge is 0.368 e. The number of anilines is 4. The summed E-state index contributed by atoms with van der Waals surface area (Å²) >= 11 is 6.85. The van der Waals surface area contributed by atoms with Gasteiger partial charge in [-0.15, -0.1) is 0 Å². The Morgan fingerprint density at radius 2 is 1.78 bits per heavy atom. The van der Waals surface area contributed by atoms with Gasteiger partial charge in [-0.3, -0.25) is 0 Å². The number of rotatable bonds is 3. The first kappa shape index (κ1) is 13.1. The predicted molar refractivity (Wildman–Crippen MR) is 79.4 cm³/mol. The lowest BCUT2D eigenvalue weighted by atomic mass is 10.3. The molecule has 6 nitrogen and oxygen atoms in total. The summed E-state index contributed by atoms with van der Waals surface area (Å²) in [5.74, 6) is 6.42. The van der Waals surface area contributed by atoms with Crippen molar-refractivity contribution < 1.29 is 0 Å². The van der Waals surface area contributed by atoms with E-state index in [0.717, 1.165) is 14.6 Å². The molecule has 18 heavy (non-hydrogen) atoms. The fourth-order valence-electron chi connectivity index (χ4n) is 1.34. The zero-order valence-corrected chi connectivity index (χ0v) is 12.3. The minimum absolute atomic E-state index is 0.138. The van der Waals surface area contributed by atoms with E-state index in [9.17, 15) is 0 Å². The minimum atomic E-state index is 0.138. The highest BCUT2D eigenvalue weighted by Crippen LogP contribution is 2.29. The molecule has 0 spiro atoms. The Labute approximate surface area is 120 Å². The molecule has 0 aliphatic rings. The van der Waals surface area contributed by atoms with E-state index in [1.165, 1.54) is 0 Å². The molecule has 6 N–H and O–H groups in total. The molecular weight excluding hydrogens is 364 g/mol. The summed E-state index contributed by atoms with van der Waals surface area (Å²) in [4.78, 5) is 7.98. The number of nitrogens with one attached hydrogen (secondary N) is 2. The number of benzene rings is 1. The Bertz CT molecular complexity index is 574. The monoisotopic (exact) mass is 372 g/mol. The molecule has 0 saturated carbocycles. The van der Waals surface area contributed by atoms with E-state index < -0.39 is 0 Å². The molecule has 1 heterocycles. The van der Waals surface area contributed by atoms with Crippen molar-refractivity contribution in [2.45, 2.75) is 0 Å². The second-order valence-corrected chi connectivity index (χ2v) is 5.16. The molecule has 0 fully saturated rings. The van der Waals surface area contributed by atoms with Crippen LogP contribution < -0.4 is 22.3 Å². The van der Waals surface area contributed by atoms with Gasteiger partial charge in [0.15, 0.2) is 0 Å². The Morgan fingerprint density at radius 3 is 2.50 bits per heavy atom. The Morgan fingerprint density at radius 1 is 1.06 bits per heavy atom. The third-order valence-electron chi connectivity index (χ3n) is 2.08. The average molecular weight is 374 g/mol. The summed E-state index contributed by atoms with van der Waals surface area (Å²) in [5, 5.41) is 3.13. The van der Waals surface area contributed by atoms with E-state index in [2.05, 4.69) is 52.6 Å². The third-order valence-corrected chi connectivity index (χ3v) is 3.27. The Kier molecular flexibility index (Phi) is 4.00. The van der Waals surface area contributed by atoms with E-state index in [1.54, 1.807) is 6.07 Å². The maximum absolute atomic E-state index is 5.58. The van der Waals surface area contributed by atoms with Gasteiger partial charge in [0.25, 0.3) is 0 Å².